The van der Waals surface area contributed by atoms with Crippen LogP contribution in [0.5, 0.6) is 0 Å². The van der Waals surface area contributed by atoms with Crippen LogP contribution in [0, 0.1) is 5.92 Å². The maximum absolute atomic E-state index is 12.8. The maximum Gasteiger partial charge on any atom is 0.393 e. The standard InChI is InChI=1S/C16H30F3N3/c1-14(2)22-11-9-20(10-12-22)7-4-8-21-6-3-5-15(13-21)16(17,18)19/h14-15H,3-13H2,1-2H3. The van der Waals surface area contributed by atoms with Crippen molar-refractivity contribution in [3.8, 4) is 0 Å². The van der Waals surface area contributed by atoms with Crippen molar-refractivity contribution in [1.29, 1.82) is 0 Å². The van der Waals surface area contributed by atoms with Crippen LogP contribution in [0.15, 0.2) is 0 Å². The first-order valence-electron chi connectivity index (χ1n) is 8.61. The normalized spacial score (nSPS) is 26.7. The molecule has 1 atom stereocenters. The summed E-state index contributed by atoms with van der Waals surface area (Å²) in [7, 11) is 0. The van der Waals surface area contributed by atoms with Gasteiger partial charge in [-0.2, -0.15) is 13.2 Å². The lowest BCUT2D eigenvalue weighted by Crippen LogP contribution is -2.49. The predicted molar refractivity (Wildman–Crippen MR) is 83.0 cm³/mol. The van der Waals surface area contributed by atoms with Crippen molar-refractivity contribution in [1.82, 2.24) is 14.7 Å². The van der Waals surface area contributed by atoms with Crippen molar-refractivity contribution in [2.75, 3.05) is 52.4 Å². The topological polar surface area (TPSA) is 9.72 Å². The second-order valence-electron chi connectivity index (χ2n) is 7.01. The smallest absolute Gasteiger partial charge is 0.303 e. The Balaban J connectivity index is 1.63. The van der Waals surface area contributed by atoms with Gasteiger partial charge < -0.3 is 9.80 Å². The Morgan fingerprint density at radius 3 is 2.18 bits per heavy atom. The third kappa shape index (κ3) is 5.39. The number of piperazine rings is 1. The van der Waals surface area contributed by atoms with E-state index in [0.29, 0.717) is 18.9 Å². The van der Waals surface area contributed by atoms with Crippen LogP contribution < -0.4 is 0 Å². The summed E-state index contributed by atoms with van der Waals surface area (Å²) in [5.41, 5.74) is 0. The predicted octanol–water partition coefficient (Wildman–Crippen LogP) is 2.68. The maximum atomic E-state index is 12.8. The summed E-state index contributed by atoms with van der Waals surface area (Å²) in [6.45, 7) is 11.7. The molecule has 0 aromatic carbocycles. The van der Waals surface area contributed by atoms with Crippen LogP contribution in [0.3, 0.4) is 0 Å². The highest BCUT2D eigenvalue weighted by molar-refractivity contribution is 4.79. The van der Waals surface area contributed by atoms with E-state index in [1.165, 1.54) is 0 Å². The monoisotopic (exact) mass is 321 g/mol. The van der Waals surface area contributed by atoms with Crippen LogP contribution >= 0.6 is 0 Å². The Labute approximate surface area is 132 Å². The van der Waals surface area contributed by atoms with Crippen LogP contribution in [0.4, 0.5) is 13.2 Å². The Bertz CT molecular complexity index is 325. The van der Waals surface area contributed by atoms with E-state index in [0.717, 1.165) is 52.2 Å². The lowest BCUT2D eigenvalue weighted by molar-refractivity contribution is -0.186. The third-order valence-corrected chi connectivity index (χ3v) is 5.05. The van der Waals surface area contributed by atoms with Gasteiger partial charge in [-0.15, -0.1) is 0 Å². The minimum atomic E-state index is -4.02. The lowest BCUT2D eigenvalue weighted by atomic mass is 9.97. The van der Waals surface area contributed by atoms with E-state index in [-0.39, 0.29) is 6.54 Å². The highest BCUT2D eigenvalue weighted by Crippen LogP contribution is 2.33. The van der Waals surface area contributed by atoms with Crippen molar-refractivity contribution in [3.63, 3.8) is 0 Å². The number of piperidine rings is 1. The highest BCUT2D eigenvalue weighted by atomic mass is 19.4. The van der Waals surface area contributed by atoms with E-state index in [9.17, 15) is 13.2 Å². The Morgan fingerprint density at radius 1 is 0.955 bits per heavy atom. The molecule has 2 aliphatic rings. The van der Waals surface area contributed by atoms with Gasteiger partial charge in [0.05, 0.1) is 5.92 Å². The van der Waals surface area contributed by atoms with Crippen LogP contribution in [0.2, 0.25) is 0 Å². The first kappa shape index (κ1) is 18.0. The molecule has 1 unspecified atom stereocenters. The lowest BCUT2D eigenvalue weighted by Gasteiger charge is -2.37. The van der Waals surface area contributed by atoms with Gasteiger partial charge in [0.15, 0.2) is 0 Å². The van der Waals surface area contributed by atoms with Gasteiger partial charge in [-0.25, -0.2) is 0 Å². The fourth-order valence-corrected chi connectivity index (χ4v) is 3.55. The summed E-state index contributed by atoms with van der Waals surface area (Å²) in [4.78, 5) is 6.94. The van der Waals surface area contributed by atoms with Crippen LogP contribution in [0.1, 0.15) is 33.1 Å². The summed E-state index contributed by atoms with van der Waals surface area (Å²) in [5, 5.41) is 0. The molecule has 0 radical (unpaired) electrons. The number of alkyl halides is 3. The van der Waals surface area contributed by atoms with E-state index >= 15 is 0 Å². The number of halogens is 3. The summed E-state index contributed by atoms with van der Waals surface area (Å²) in [5.74, 6) is -1.11. The molecule has 3 nitrogen and oxygen atoms in total. The number of rotatable bonds is 5. The van der Waals surface area contributed by atoms with Crippen LogP contribution in [0.25, 0.3) is 0 Å². The van der Waals surface area contributed by atoms with Gasteiger partial charge in [0.2, 0.25) is 0 Å². The van der Waals surface area contributed by atoms with Crippen molar-refractivity contribution in [2.45, 2.75) is 45.3 Å². The molecule has 0 aliphatic carbocycles. The van der Waals surface area contributed by atoms with E-state index in [2.05, 4.69) is 23.6 Å². The molecule has 130 valence electrons. The molecule has 0 N–H and O–H groups in total. The Kier molecular flexibility index (Phi) is 6.53. The average molecular weight is 321 g/mol. The molecule has 0 spiro atoms. The molecule has 0 aromatic rings. The molecule has 6 heteroatoms. The van der Waals surface area contributed by atoms with Gasteiger partial charge >= 0.3 is 6.18 Å². The van der Waals surface area contributed by atoms with E-state index in [1.807, 2.05) is 4.90 Å². The SMILES string of the molecule is CC(C)N1CCN(CCCN2CCCC(C(F)(F)F)C2)CC1. The molecule has 2 saturated heterocycles. The molecule has 22 heavy (non-hydrogen) atoms. The molecule has 2 rings (SSSR count). The van der Waals surface area contributed by atoms with Gasteiger partial charge in [0.1, 0.15) is 0 Å². The van der Waals surface area contributed by atoms with Crippen LogP contribution in [-0.4, -0.2) is 79.3 Å². The van der Waals surface area contributed by atoms with Gasteiger partial charge in [-0.1, -0.05) is 0 Å². The number of hydrogen-bond donors (Lipinski definition) is 0. The largest absolute Gasteiger partial charge is 0.393 e. The molecular weight excluding hydrogens is 291 g/mol. The van der Waals surface area contributed by atoms with Crippen molar-refractivity contribution < 1.29 is 13.2 Å². The number of nitrogens with zero attached hydrogens (tertiary/aromatic N) is 3. The van der Waals surface area contributed by atoms with E-state index in [1.54, 1.807) is 0 Å². The second kappa shape index (κ2) is 7.97. The first-order chi connectivity index (χ1) is 10.4. The van der Waals surface area contributed by atoms with Gasteiger partial charge in [-0.05, 0) is 52.7 Å². The molecule has 0 amide bonds. The van der Waals surface area contributed by atoms with E-state index < -0.39 is 12.1 Å². The van der Waals surface area contributed by atoms with Crippen molar-refractivity contribution in [2.24, 2.45) is 5.92 Å². The summed E-state index contributed by atoms with van der Waals surface area (Å²) in [6.07, 6.45) is -2.06. The quantitative estimate of drug-likeness (QED) is 0.771. The molecule has 0 aromatic heterocycles. The first-order valence-corrected chi connectivity index (χ1v) is 8.61. The third-order valence-electron chi connectivity index (χ3n) is 5.05. The molecule has 2 heterocycles. The fraction of sp³-hybridized carbons (Fsp3) is 1.00. The van der Waals surface area contributed by atoms with Gasteiger partial charge in [0, 0.05) is 38.8 Å². The van der Waals surface area contributed by atoms with E-state index in [4.69, 9.17) is 0 Å². The highest BCUT2D eigenvalue weighted by Gasteiger charge is 2.41. The van der Waals surface area contributed by atoms with Crippen LogP contribution in [-0.2, 0) is 0 Å². The Morgan fingerprint density at radius 2 is 1.59 bits per heavy atom. The molecule has 2 aliphatic heterocycles. The summed E-state index contributed by atoms with van der Waals surface area (Å²) < 4.78 is 38.4. The zero-order valence-electron chi connectivity index (χ0n) is 13.9. The summed E-state index contributed by atoms with van der Waals surface area (Å²) >= 11 is 0. The number of likely N-dealkylation sites (tertiary alicyclic amines) is 1. The molecule has 0 saturated carbocycles. The molecule has 2 fully saturated rings. The fourth-order valence-electron chi connectivity index (χ4n) is 3.55. The average Bonchev–Trinajstić information content (AvgIpc) is 2.47. The molecule has 0 bridgehead atoms. The minimum absolute atomic E-state index is 0.199. The van der Waals surface area contributed by atoms with Crippen molar-refractivity contribution in [3.05, 3.63) is 0 Å². The second-order valence-corrected chi connectivity index (χ2v) is 7.01. The zero-order valence-corrected chi connectivity index (χ0v) is 13.9. The van der Waals surface area contributed by atoms with Gasteiger partial charge in [-0.3, -0.25) is 4.90 Å². The summed E-state index contributed by atoms with van der Waals surface area (Å²) in [6, 6.07) is 0.606. The number of hydrogen-bond acceptors (Lipinski definition) is 3. The Hall–Kier alpha value is -0.330. The minimum Gasteiger partial charge on any atom is -0.303 e. The van der Waals surface area contributed by atoms with Gasteiger partial charge in [0.25, 0.3) is 0 Å². The zero-order chi connectivity index (χ0) is 16.2. The molecular formula is C16H30F3N3. The van der Waals surface area contributed by atoms with Crippen molar-refractivity contribution >= 4 is 0 Å².